The third-order valence-electron chi connectivity index (χ3n) is 4.16. The maximum atomic E-state index is 12.5. The maximum Gasteiger partial charge on any atom is 0.261 e. The van der Waals surface area contributed by atoms with Crippen LogP contribution in [0.3, 0.4) is 0 Å². The van der Waals surface area contributed by atoms with Gasteiger partial charge in [0.05, 0.1) is 11.0 Å². The molecule has 3 aromatic rings. The number of carbonyl (C=O) groups excluding carboxylic acids is 1. The Morgan fingerprint density at radius 3 is 2.39 bits per heavy atom. The van der Waals surface area contributed by atoms with E-state index in [4.69, 9.17) is 16.3 Å². The maximum absolute atomic E-state index is 12.5. The van der Waals surface area contributed by atoms with E-state index in [1.54, 1.807) is 36.5 Å². The minimum atomic E-state index is -3.79. The second-order valence-electron chi connectivity index (χ2n) is 6.95. The largest absolute Gasteiger partial charge is 0.475 e. The number of hydrogen-bond acceptors (Lipinski definition) is 5. The lowest BCUT2D eigenvalue weighted by atomic mass is 10.2. The Morgan fingerprint density at radius 2 is 1.74 bits per heavy atom. The highest BCUT2D eigenvalue weighted by molar-refractivity contribution is 7.92. The minimum Gasteiger partial charge on any atom is -0.475 e. The summed E-state index contributed by atoms with van der Waals surface area (Å²) >= 11 is 5.82. The lowest BCUT2D eigenvalue weighted by Crippen LogP contribution is -2.23. The summed E-state index contributed by atoms with van der Waals surface area (Å²) < 4.78 is 33.2. The van der Waals surface area contributed by atoms with Gasteiger partial charge < -0.3 is 10.1 Å². The fourth-order valence-corrected chi connectivity index (χ4v) is 3.87. The SMILES string of the molecule is CC(C)Oc1ncccc1CNC(=O)c1ccc(S(=O)(=O)Nc2ccc(Cl)cc2)cc1. The highest BCUT2D eigenvalue weighted by Crippen LogP contribution is 2.19. The van der Waals surface area contributed by atoms with Crippen LogP contribution in [0.2, 0.25) is 5.02 Å². The number of hydrogen-bond donors (Lipinski definition) is 2. The first-order valence-corrected chi connectivity index (χ1v) is 11.4. The Bertz CT molecular complexity index is 1150. The van der Waals surface area contributed by atoms with Crippen molar-refractivity contribution in [2.24, 2.45) is 0 Å². The zero-order valence-corrected chi connectivity index (χ0v) is 18.6. The molecule has 0 aliphatic rings. The van der Waals surface area contributed by atoms with Crippen LogP contribution in [0.1, 0.15) is 29.8 Å². The van der Waals surface area contributed by atoms with E-state index >= 15 is 0 Å². The van der Waals surface area contributed by atoms with Gasteiger partial charge in [0, 0.05) is 34.6 Å². The van der Waals surface area contributed by atoms with Crippen LogP contribution in [-0.4, -0.2) is 25.4 Å². The van der Waals surface area contributed by atoms with Gasteiger partial charge in [0.1, 0.15) is 0 Å². The number of anilines is 1. The van der Waals surface area contributed by atoms with Gasteiger partial charge in [-0.25, -0.2) is 13.4 Å². The molecule has 9 heteroatoms. The van der Waals surface area contributed by atoms with Crippen LogP contribution in [0.15, 0.2) is 71.8 Å². The average Bonchev–Trinajstić information content (AvgIpc) is 2.74. The first-order chi connectivity index (χ1) is 14.7. The Kier molecular flexibility index (Phi) is 7.14. The molecule has 2 aromatic carbocycles. The molecule has 31 heavy (non-hydrogen) atoms. The predicted octanol–water partition coefficient (Wildman–Crippen LogP) is 4.25. The number of aromatic nitrogens is 1. The number of ether oxygens (including phenoxy) is 1. The number of halogens is 1. The zero-order valence-electron chi connectivity index (χ0n) is 17.0. The number of rotatable bonds is 8. The highest BCUT2D eigenvalue weighted by Gasteiger charge is 2.16. The number of amides is 1. The molecule has 0 atom stereocenters. The molecule has 7 nitrogen and oxygen atoms in total. The summed E-state index contributed by atoms with van der Waals surface area (Å²) in [6, 6.07) is 15.6. The van der Waals surface area contributed by atoms with Gasteiger partial charge in [-0.15, -0.1) is 0 Å². The molecular weight excluding hydrogens is 438 g/mol. The average molecular weight is 460 g/mol. The Hall–Kier alpha value is -3.10. The monoisotopic (exact) mass is 459 g/mol. The topological polar surface area (TPSA) is 97.4 Å². The molecule has 1 heterocycles. The van der Waals surface area contributed by atoms with E-state index in [1.165, 1.54) is 24.3 Å². The summed E-state index contributed by atoms with van der Waals surface area (Å²) in [5.41, 5.74) is 1.47. The molecule has 0 aliphatic carbocycles. The van der Waals surface area contributed by atoms with Gasteiger partial charge in [-0.3, -0.25) is 9.52 Å². The van der Waals surface area contributed by atoms with Crippen molar-refractivity contribution in [2.45, 2.75) is 31.4 Å². The van der Waals surface area contributed by atoms with E-state index in [9.17, 15) is 13.2 Å². The third kappa shape index (κ3) is 6.19. The van der Waals surface area contributed by atoms with Gasteiger partial charge >= 0.3 is 0 Å². The molecule has 0 aliphatic heterocycles. The Labute approximate surface area is 186 Å². The van der Waals surface area contributed by atoms with Crippen LogP contribution in [0.5, 0.6) is 5.88 Å². The first-order valence-electron chi connectivity index (χ1n) is 9.52. The summed E-state index contributed by atoms with van der Waals surface area (Å²) in [7, 11) is -3.79. The second-order valence-corrected chi connectivity index (χ2v) is 9.07. The van der Waals surface area contributed by atoms with Crippen molar-refractivity contribution in [2.75, 3.05) is 4.72 Å². The number of pyridine rings is 1. The van der Waals surface area contributed by atoms with Crippen LogP contribution < -0.4 is 14.8 Å². The van der Waals surface area contributed by atoms with Crippen molar-refractivity contribution in [3.8, 4) is 5.88 Å². The molecule has 3 rings (SSSR count). The van der Waals surface area contributed by atoms with Crippen LogP contribution in [0.4, 0.5) is 5.69 Å². The molecule has 0 unspecified atom stereocenters. The third-order valence-corrected chi connectivity index (χ3v) is 5.81. The smallest absolute Gasteiger partial charge is 0.261 e. The van der Waals surface area contributed by atoms with Gasteiger partial charge in [-0.2, -0.15) is 0 Å². The van der Waals surface area contributed by atoms with E-state index in [-0.39, 0.29) is 23.5 Å². The van der Waals surface area contributed by atoms with Crippen LogP contribution in [0, 0.1) is 0 Å². The van der Waals surface area contributed by atoms with Crippen molar-refractivity contribution < 1.29 is 17.9 Å². The molecule has 2 N–H and O–H groups in total. The first kappa shape index (κ1) is 22.6. The molecule has 0 saturated carbocycles. The lowest BCUT2D eigenvalue weighted by molar-refractivity contribution is 0.0950. The highest BCUT2D eigenvalue weighted by atomic mass is 35.5. The fraction of sp³-hybridized carbons (Fsp3) is 0.182. The molecule has 0 spiro atoms. The molecule has 0 bridgehead atoms. The Balaban J connectivity index is 1.66. The van der Waals surface area contributed by atoms with Gasteiger partial charge in [-0.05, 0) is 68.4 Å². The number of carbonyl (C=O) groups is 1. The zero-order chi connectivity index (χ0) is 22.4. The lowest BCUT2D eigenvalue weighted by Gasteiger charge is -2.13. The number of nitrogens with one attached hydrogen (secondary N) is 2. The van der Waals surface area contributed by atoms with Crippen molar-refractivity contribution in [1.82, 2.24) is 10.3 Å². The summed E-state index contributed by atoms with van der Waals surface area (Å²) in [6.07, 6.45) is 1.58. The van der Waals surface area contributed by atoms with Crippen molar-refractivity contribution in [3.05, 3.63) is 83.0 Å². The molecule has 162 valence electrons. The minimum absolute atomic E-state index is 0.0406. The summed E-state index contributed by atoms with van der Waals surface area (Å²) in [4.78, 5) is 16.7. The standard InChI is InChI=1S/C22H22ClN3O4S/c1-15(2)30-22-17(4-3-13-24-22)14-25-21(27)16-5-11-20(12-6-16)31(28,29)26-19-9-7-18(23)8-10-19/h3-13,15,26H,14H2,1-2H3,(H,25,27). The number of sulfonamides is 1. The van der Waals surface area contributed by atoms with Crippen LogP contribution in [-0.2, 0) is 16.6 Å². The molecule has 1 amide bonds. The predicted molar refractivity (Wildman–Crippen MR) is 120 cm³/mol. The molecule has 0 radical (unpaired) electrons. The van der Waals surface area contributed by atoms with E-state index in [1.807, 2.05) is 19.9 Å². The van der Waals surface area contributed by atoms with Crippen LogP contribution >= 0.6 is 11.6 Å². The van der Waals surface area contributed by atoms with Crippen molar-refractivity contribution >= 4 is 33.2 Å². The number of nitrogens with zero attached hydrogens (tertiary/aromatic N) is 1. The molecule has 0 fully saturated rings. The molecular formula is C22H22ClN3O4S. The van der Waals surface area contributed by atoms with Gasteiger partial charge in [0.25, 0.3) is 15.9 Å². The number of benzene rings is 2. The normalized spacial score (nSPS) is 11.2. The summed E-state index contributed by atoms with van der Waals surface area (Å²) in [5.74, 6) is 0.126. The Morgan fingerprint density at radius 1 is 1.06 bits per heavy atom. The van der Waals surface area contributed by atoms with E-state index in [2.05, 4.69) is 15.0 Å². The van der Waals surface area contributed by atoms with E-state index in [0.717, 1.165) is 5.56 Å². The fourth-order valence-electron chi connectivity index (χ4n) is 2.68. The van der Waals surface area contributed by atoms with E-state index < -0.39 is 10.0 Å². The van der Waals surface area contributed by atoms with Crippen LogP contribution in [0.25, 0.3) is 0 Å². The second kappa shape index (κ2) is 9.80. The summed E-state index contributed by atoms with van der Waals surface area (Å²) in [6.45, 7) is 4.02. The van der Waals surface area contributed by atoms with Gasteiger partial charge in [-0.1, -0.05) is 17.7 Å². The van der Waals surface area contributed by atoms with Crippen molar-refractivity contribution in [1.29, 1.82) is 0 Å². The molecule has 1 aromatic heterocycles. The van der Waals surface area contributed by atoms with Crippen molar-refractivity contribution in [3.63, 3.8) is 0 Å². The summed E-state index contributed by atoms with van der Waals surface area (Å²) in [5, 5.41) is 3.30. The van der Waals surface area contributed by atoms with E-state index in [0.29, 0.717) is 22.2 Å². The van der Waals surface area contributed by atoms with Gasteiger partial charge in [0.15, 0.2) is 0 Å². The quantitative estimate of drug-likeness (QED) is 0.524. The molecule has 0 saturated heterocycles. The van der Waals surface area contributed by atoms with Gasteiger partial charge in [0.2, 0.25) is 5.88 Å².